The van der Waals surface area contributed by atoms with Crippen molar-refractivity contribution in [3.05, 3.63) is 35.4 Å². The first-order valence-corrected chi connectivity index (χ1v) is 8.04. The molecule has 1 fully saturated rings. The molecule has 1 aromatic carbocycles. The predicted molar refractivity (Wildman–Crippen MR) is 84.5 cm³/mol. The third-order valence-electron chi connectivity index (χ3n) is 4.78. The average Bonchev–Trinajstić information content (AvgIpc) is 2.47. The summed E-state index contributed by atoms with van der Waals surface area (Å²) in [6.07, 6.45) is 6.46. The van der Waals surface area contributed by atoms with Crippen molar-refractivity contribution in [1.82, 2.24) is 0 Å². The van der Waals surface area contributed by atoms with Crippen LogP contribution in [0.5, 0.6) is 0 Å². The standard InChI is InChI=1S/C18H29NO/c1-14(2)12-15-6-8-16(9-7-15)17(20)18(13-19)10-4-3-5-11-18/h6-9,14,17,20H,3-5,10-13,19H2,1-2H3. The molecule has 1 aliphatic rings. The molecule has 2 heteroatoms. The summed E-state index contributed by atoms with van der Waals surface area (Å²) in [5, 5.41) is 10.8. The van der Waals surface area contributed by atoms with Crippen LogP contribution < -0.4 is 5.73 Å². The van der Waals surface area contributed by atoms with E-state index in [1.165, 1.54) is 24.8 Å². The number of nitrogens with two attached hydrogens (primary N) is 1. The summed E-state index contributed by atoms with van der Waals surface area (Å²) in [5.41, 5.74) is 8.29. The van der Waals surface area contributed by atoms with Crippen molar-refractivity contribution in [1.29, 1.82) is 0 Å². The fraction of sp³-hybridized carbons (Fsp3) is 0.667. The largest absolute Gasteiger partial charge is 0.388 e. The van der Waals surface area contributed by atoms with Gasteiger partial charge in [0.1, 0.15) is 0 Å². The summed E-state index contributed by atoms with van der Waals surface area (Å²) in [6.45, 7) is 5.05. The molecule has 1 unspecified atom stereocenters. The number of hydrogen-bond donors (Lipinski definition) is 2. The maximum atomic E-state index is 10.8. The minimum atomic E-state index is -0.416. The Bertz CT molecular complexity index is 404. The molecule has 2 rings (SSSR count). The van der Waals surface area contributed by atoms with Gasteiger partial charge in [-0.3, -0.25) is 0 Å². The van der Waals surface area contributed by atoms with Crippen molar-refractivity contribution in [2.45, 2.75) is 58.5 Å². The molecule has 0 amide bonds. The van der Waals surface area contributed by atoms with Crippen LogP contribution in [0.3, 0.4) is 0 Å². The molecule has 0 spiro atoms. The Morgan fingerprint density at radius 2 is 1.70 bits per heavy atom. The molecule has 0 bridgehead atoms. The summed E-state index contributed by atoms with van der Waals surface area (Å²) >= 11 is 0. The molecule has 0 saturated heterocycles. The third-order valence-corrected chi connectivity index (χ3v) is 4.78. The van der Waals surface area contributed by atoms with E-state index >= 15 is 0 Å². The zero-order valence-corrected chi connectivity index (χ0v) is 12.9. The van der Waals surface area contributed by atoms with Gasteiger partial charge >= 0.3 is 0 Å². The lowest BCUT2D eigenvalue weighted by molar-refractivity contribution is 0.000688. The molecular weight excluding hydrogens is 246 g/mol. The van der Waals surface area contributed by atoms with Crippen molar-refractivity contribution in [2.24, 2.45) is 17.1 Å². The van der Waals surface area contributed by atoms with Crippen molar-refractivity contribution in [3.8, 4) is 0 Å². The number of hydrogen-bond acceptors (Lipinski definition) is 2. The monoisotopic (exact) mass is 275 g/mol. The van der Waals surface area contributed by atoms with E-state index in [1.807, 2.05) is 0 Å². The molecule has 0 aliphatic heterocycles. The van der Waals surface area contributed by atoms with E-state index in [-0.39, 0.29) is 5.41 Å². The van der Waals surface area contributed by atoms with Crippen molar-refractivity contribution < 1.29 is 5.11 Å². The molecule has 1 saturated carbocycles. The van der Waals surface area contributed by atoms with Gasteiger partial charge in [-0.05, 0) is 36.3 Å². The number of aliphatic hydroxyl groups is 1. The molecule has 0 radical (unpaired) electrons. The van der Waals surface area contributed by atoms with Crippen LogP contribution in [0.4, 0.5) is 0 Å². The van der Waals surface area contributed by atoms with E-state index in [4.69, 9.17) is 5.73 Å². The lowest BCUT2D eigenvalue weighted by Gasteiger charge is -2.40. The Morgan fingerprint density at radius 1 is 1.10 bits per heavy atom. The topological polar surface area (TPSA) is 46.2 Å². The van der Waals surface area contributed by atoms with Crippen LogP contribution in [0.1, 0.15) is 63.2 Å². The Labute approximate surface area is 123 Å². The van der Waals surface area contributed by atoms with Crippen LogP contribution in [0.15, 0.2) is 24.3 Å². The van der Waals surface area contributed by atoms with Crippen LogP contribution in [-0.4, -0.2) is 11.7 Å². The van der Waals surface area contributed by atoms with Crippen LogP contribution in [0.2, 0.25) is 0 Å². The van der Waals surface area contributed by atoms with Crippen LogP contribution in [-0.2, 0) is 6.42 Å². The van der Waals surface area contributed by atoms with Gasteiger partial charge in [0.25, 0.3) is 0 Å². The minimum Gasteiger partial charge on any atom is -0.388 e. The molecule has 1 aromatic rings. The molecule has 0 heterocycles. The van der Waals surface area contributed by atoms with Gasteiger partial charge in [-0.15, -0.1) is 0 Å². The quantitative estimate of drug-likeness (QED) is 0.858. The van der Waals surface area contributed by atoms with Crippen LogP contribution in [0.25, 0.3) is 0 Å². The van der Waals surface area contributed by atoms with Gasteiger partial charge < -0.3 is 10.8 Å². The highest BCUT2D eigenvalue weighted by Crippen LogP contribution is 2.45. The fourth-order valence-electron chi connectivity index (χ4n) is 3.51. The van der Waals surface area contributed by atoms with E-state index in [1.54, 1.807) is 0 Å². The fourth-order valence-corrected chi connectivity index (χ4v) is 3.51. The van der Waals surface area contributed by atoms with Gasteiger partial charge in [-0.1, -0.05) is 57.4 Å². The molecule has 0 aromatic heterocycles. The summed E-state index contributed by atoms with van der Waals surface area (Å²) in [7, 11) is 0. The molecule has 3 N–H and O–H groups in total. The first-order chi connectivity index (χ1) is 9.57. The number of benzene rings is 1. The van der Waals surface area contributed by atoms with Gasteiger partial charge in [0.15, 0.2) is 0 Å². The molecule has 1 atom stereocenters. The Balaban J connectivity index is 2.13. The predicted octanol–water partition coefficient (Wildman–Crippen LogP) is 3.83. The van der Waals surface area contributed by atoms with Gasteiger partial charge in [0.2, 0.25) is 0 Å². The van der Waals surface area contributed by atoms with Gasteiger partial charge in [-0.2, -0.15) is 0 Å². The highest BCUT2D eigenvalue weighted by atomic mass is 16.3. The first kappa shape index (κ1) is 15.5. The number of rotatable bonds is 5. The van der Waals surface area contributed by atoms with Crippen LogP contribution in [0, 0.1) is 11.3 Å². The summed E-state index contributed by atoms with van der Waals surface area (Å²) in [5.74, 6) is 0.666. The molecule has 112 valence electrons. The normalized spacial score (nSPS) is 20.1. The Kier molecular flexibility index (Phi) is 5.22. The maximum absolute atomic E-state index is 10.8. The Hall–Kier alpha value is -0.860. The van der Waals surface area contributed by atoms with Crippen molar-refractivity contribution in [3.63, 3.8) is 0 Å². The average molecular weight is 275 g/mol. The zero-order chi connectivity index (χ0) is 14.6. The summed E-state index contributed by atoms with van der Waals surface area (Å²) in [4.78, 5) is 0. The first-order valence-electron chi connectivity index (χ1n) is 8.04. The van der Waals surface area contributed by atoms with Crippen molar-refractivity contribution in [2.75, 3.05) is 6.54 Å². The highest BCUT2D eigenvalue weighted by Gasteiger charge is 2.38. The molecule has 20 heavy (non-hydrogen) atoms. The third kappa shape index (κ3) is 3.42. The lowest BCUT2D eigenvalue weighted by Crippen LogP contribution is -2.38. The van der Waals surface area contributed by atoms with Crippen molar-refractivity contribution >= 4 is 0 Å². The van der Waals surface area contributed by atoms with Crippen LogP contribution >= 0.6 is 0 Å². The SMILES string of the molecule is CC(C)Cc1ccc(C(O)C2(CN)CCCCC2)cc1. The smallest absolute Gasteiger partial charge is 0.0858 e. The lowest BCUT2D eigenvalue weighted by atomic mass is 9.68. The second-order valence-electron chi connectivity index (χ2n) is 6.87. The molecule has 1 aliphatic carbocycles. The highest BCUT2D eigenvalue weighted by molar-refractivity contribution is 5.26. The minimum absolute atomic E-state index is 0.0994. The summed E-state index contributed by atoms with van der Waals surface area (Å²) < 4.78 is 0. The van der Waals surface area contributed by atoms with Gasteiger partial charge in [0, 0.05) is 12.0 Å². The van der Waals surface area contributed by atoms with Gasteiger partial charge in [0.05, 0.1) is 6.10 Å². The number of aliphatic hydroxyl groups excluding tert-OH is 1. The summed E-state index contributed by atoms with van der Waals surface area (Å²) in [6, 6.07) is 8.50. The van der Waals surface area contributed by atoms with E-state index in [9.17, 15) is 5.11 Å². The second kappa shape index (κ2) is 6.73. The Morgan fingerprint density at radius 3 is 2.20 bits per heavy atom. The maximum Gasteiger partial charge on any atom is 0.0858 e. The molecular formula is C18H29NO. The molecule has 2 nitrogen and oxygen atoms in total. The zero-order valence-electron chi connectivity index (χ0n) is 12.9. The van der Waals surface area contributed by atoms with E-state index in [2.05, 4.69) is 38.1 Å². The second-order valence-corrected chi connectivity index (χ2v) is 6.87. The van der Waals surface area contributed by atoms with E-state index in [0.717, 1.165) is 24.8 Å². The van der Waals surface area contributed by atoms with Gasteiger partial charge in [-0.25, -0.2) is 0 Å². The van der Waals surface area contributed by atoms with E-state index < -0.39 is 6.10 Å². The van der Waals surface area contributed by atoms with E-state index in [0.29, 0.717) is 12.5 Å².